The topological polar surface area (TPSA) is 127 Å². The van der Waals surface area contributed by atoms with Gasteiger partial charge in [0, 0.05) is 25.7 Å². The van der Waals surface area contributed by atoms with Crippen LogP contribution in [-0.4, -0.2) is 50.0 Å². The Labute approximate surface area is 241 Å². The van der Waals surface area contributed by atoms with Crippen molar-refractivity contribution in [1.29, 1.82) is 0 Å². The lowest BCUT2D eigenvalue weighted by Crippen LogP contribution is -2.49. The molecule has 10 nitrogen and oxygen atoms in total. The Balaban J connectivity index is 1.61. The largest absolute Gasteiger partial charge is 0.353 e. The molecule has 0 aromatic heterocycles. The summed E-state index contributed by atoms with van der Waals surface area (Å²) >= 11 is 0. The normalized spacial score (nSPS) is 13.3. The molecular weight excluding hydrogens is 524 g/mol. The molecule has 0 heterocycles. The van der Waals surface area contributed by atoms with E-state index >= 15 is 0 Å². The Morgan fingerprint density at radius 1 is 0.805 bits per heavy atom. The average molecular weight is 565 g/mol. The van der Waals surface area contributed by atoms with E-state index in [-0.39, 0.29) is 11.8 Å². The van der Waals surface area contributed by atoms with E-state index in [0.29, 0.717) is 19.8 Å². The zero-order valence-corrected chi connectivity index (χ0v) is 24.0. The minimum absolute atomic E-state index is 0.255. The molecule has 0 fully saturated rings. The minimum atomic E-state index is -0.875. The van der Waals surface area contributed by atoms with Crippen molar-refractivity contribution >= 4 is 28.6 Å². The van der Waals surface area contributed by atoms with Crippen molar-refractivity contribution in [3.63, 3.8) is 0 Å². The molecule has 41 heavy (non-hydrogen) atoms. The molecule has 3 aromatic rings. The summed E-state index contributed by atoms with van der Waals surface area (Å²) in [4.78, 5) is 42.7. The molecule has 0 aliphatic rings. The number of carbonyl (C=O) groups is 3. The average Bonchev–Trinajstić information content (AvgIpc) is 2.98. The van der Waals surface area contributed by atoms with Gasteiger partial charge in [0.2, 0.25) is 11.8 Å². The van der Waals surface area contributed by atoms with Crippen molar-refractivity contribution < 1.29 is 28.7 Å². The van der Waals surface area contributed by atoms with Crippen LogP contribution in [0.5, 0.6) is 0 Å². The summed E-state index contributed by atoms with van der Waals surface area (Å²) in [5.74, 6) is -1.20. The third-order valence-corrected chi connectivity index (χ3v) is 6.51. The van der Waals surface area contributed by atoms with E-state index < -0.39 is 36.9 Å². The molecule has 0 aliphatic carbocycles. The molecule has 3 atom stereocenters. The molecule has 0 saturated heterocycles. The Morgan fingerprint density at radius 3 is 2.17 bits per heavy atom. The highest BCUT2D eigenvalue weighted by Gasteiger charge is 2.32. The Kier molecular flexibility index (Phi) is 12.6. The van der Waals surface area contributed by atoms with Crippen molar-refractivity contribution in [1.82, 2.24) is 21.4 Å². The van der Waals surface area contributed by atoms with Crippen LogP contribution in [-0.2, 0) is 30.4 Å². The second-order valence-electron chi connectivity index (χ2n) is 9.54. The van der Waals surface area contributed by atoms with Crippen LogP contribution in [0.25, 0.3) is 10.8 Å². The van der Waals surface area contributed by atoms with Crippen LogP contribution in [0.1, 0.15) is 44.9 Å². The van der Waals surface area contributed by atoms with E-state index in [9.17, 15) is 14.4 Å². The van der Waals surface area contributed by atoms with Gasteiger partial charge in [-0.05, 0) is 42.7 Å². The Bertz CT molecular complexity index is 1260. The third-order valence-electron chi connectivity index (χ3n) is 6.51. The number of fused-ring (bicyclic) bond motifs is 1. The Hall–Kier alpha value is -3.99. The Morgan fingerprint density at radius 2 is 1.46 bits per heavy atom. The first kappa shape index (κ1) is 31.5. The molecule has 0 spiro atoms. The SMILES string of the molecule is CCOC(OCC)[C@@H](C)[C@H](NC(=O)C(C)NC(=O)CONC(=O)NCc1ccccc1)c1cccc2ccccc12. The minimum Gasteiger partial charge on any atom is -0.353 e. The lowest BCUT2D eigenvalue weighted by molar-refractivity contribution is -0.170. The molecule has 4 N–H and O–H groups in total. The number of ether oxygens (including phenoxy) is 2. The summed E-state index contributed by atoms with van der Waals surface area (Å²) < 4.78 is 11.7. The van der Waals surface area contributed by atoms with Crippen LogP contribution in [0.2, 0.25) is 0 Å². The number of hydrogen-bond donors (Lipinski definition) is 4. The van der Waals surface area contributed by atoms with Crippen molar-refractivity contribution in [2.45, 2.75) is 52.6 Å². The van der Waals surface area contributed by atoms with E-state index in [1.165, 1.54) is 0 Å². The highest BCUT2D eigenvalue weighted by Crippen LogP contribution is 2.32. The van der Waals surface area contributed by atoms with Crippen molar-refractivity contribution in [3.8, 4) is 0 Å². The first-order valence-electron chi connectivity index (χ1n) is 13.8. The zero-order valence-electron chi connectivity index (χ0n) is 24.0. The third kappa shape index (κ3) is 9.56. The molecule has 0 radical (unpaired) electrons. The maximum absolute atomic E-state index is 13.3. The molecule has 0 saturated carbocycles. The van der Waals surface area contributed by atoms with Gasteiger partial charge in [0.05, 0.1) is 6.04 Å². The molecule has 0 bridgehead atoms. The molecule has 10 heteroatoms. The summed E-state index contributed by atoms with van der Waals surface area (Å²) in [6.07, 6.45) is -0.549. The fraction of sp³-hybridized carbons (Fsp3) is 0.387. The first-order valence-corrected chi connectivity index (χ1v) is 13.8. The number of rotatable bonds is 15. The number of amides is 4. The maximum atomic E-state index is 13.3. The highest BCUT2D eigenvalue weighted by atomic mass is 16.7. The first-order chi connectivity index (χ1) is 19.8. The van der Waals surface area contributed by atoms with Gasteiger partial charge in [-0.15, -0.1) is 0 Å². The van der Waals surface area contributed by atoms with E-state index in [0.717, 1.165) is 21.9 Å². The van der Waals surface area contributed by atoms with Crippen molar-refractivity contribution in [2.24, 2.45) is 5.92 Å². The second-order valence-corrected chi connectivity index (χ2v) is 9.54. The van der Waals surface area contributed by atoms with Gasteiger partial charge in [-0.3, -0.25) is 14.4 Å². The van der Waals surface area contributed by atoms with Crippen molar-refractivity contribution in [3.05, 3.63) is 83.9 Å². The van der Waals surface area contributed by atoms with E-state index in [1.54, 1.807) is 6.92 Å². The van der Waals surface area contributed by atoms with Gasteiger partial charge in [-0.1, -0.05) is 79.7 Å². The van der Waals surface area contributed by atoms with Gasteiger partial charge in [0.15, 0.2) is 12.9 Å². The second kappa shape index (κ2) is 16.3. The molecule has 4 amide bonds. The number of urea groups is 1. The van der Waals surface area contributed by atoms with Gasteiger partial charge in [0.1, 0.15) is 6.04 Å². The monoisotopic (exact) mass is 564 g/mol. The zero-order chi connectivity index (χ0) is 29.6. The van der Waals surface area contributed by atoms with Crippen LogP contribution in [0.4, 0.5) is 4.79 Å². The van der Waals surface area contributed by atoms with E-state index in [4.69, 9.17) is 14.3 Å². The summed E-state index contributed by atoms with van der Waals surface area (Å²) in [6, 6.07) is 21.3. The summed E-state index contributed by atoms with van der Waals surface area (Å²) in [6.45, 7) is 8.09. The molecular formula is C31H40N4O6. The molecule has 1 unspecified atom stereocenters. The maximum Gasteiger partial charge on any atom is 0.338 e. The summed E-state index contributed by atoms with van der Waals surface area (Å²) in [7, 11) is 0. The van der Waals surface area contributed by atoms with Crippen LogP contribution in [0.3, 0.4) is 0 Å². The fourth-order valence-electron chi connectivity index (χ4n) is 4.46. The fourth-order valence-corrected chi connectivity index (χ4v) is 4.46. The molecule has 220 valence electrons. The van der Waals surface area contributed by atoms with Gasteiger partial charge in [-0.2, -0.15) is 0 Å². The quantitative estimate of drug-likeness (QED) is 0.163. The van der Waals surface area contributed by atoms with Gasteiger partial charge in [0.25, 0.3) is 0 Å². The molecule has 3 rings (SSSR count). The number of hydroxylamine groups is 1. The summed E-state index contributed by atoms with van der Waals surface area (Å²) in [5, 5.41) is 10.4. The highest BCUT2D eigenvalue weighted by molar-refractivity contribution is 5.90. The van der Waals surface area contributed by atoms with E-state index in [2.05, 4.69) is 21.4 Å². The van der Waals surface area contributed by atoms with Crippen LogP contribution < -0.4 is 21.4 Å². The number of hydrogen-bond acceptors (Lipinski definition) is 6. The predicted molar refractivity (Wildman–Crippen MR) is 156 cm³/mol. The van der Waals surface area contributed by atoms with Gasteiger partial charge < -0.3 is 25.4 Å². The lowest BCUT2D eigenvalue weighted by Gasteiger charge is -2.33. The van der Waals surface area contributed by atoms with Crippen LogP contribution in [0.15, 0.2) is 72.8 Å². The molecule has 3 aromatic carbocycles. The van der Waals surface area contributed by atoms with Crippen LogP contribution in [0, 0.1) is 5.92 Å². The van der Waals surface area contributed by atoms with Crippen LogP contribution >= 0.6 is 0 Å². The predicted octanol–water partition coefficient (Wildman–Crippen LogP) is 3.97. The number of carbonyl (C=O) groups excluding carboxylic acids is 3. The standard InChI is InChI=1S/C31H40N4O6/c1-5-39-30(40-6-2)21(3)28(26-18-12-16-24-15-10-11-17-25(24)26)34-29(37)22(4)33-27(36)20-41-35-31(38)32-19-23-13-8-7-9-14-23/h7-18,21-22,28,30H,5-6,19-20H2,1-4H3,(H,33,36)(H,34,37)(H2,32,35,38)/t21-,22?,28-/m0/s1. The summed E-state index contributed by atoms with van der Waals surface area (Å²) in [5.41, 5.74) is 4.01. The smallest absolute Gasteiger partial charge is 0.338 e. The number of benzene rings is 3. The lowest BCUT2D eigenvalue weighted by atomic mass is 9.89. The van der Waals surface area contributed by atoms with E-state index in [1.807, 2.05) is 93.6 Å². The van der Waals surface area contributed by atoms with Gasteiger partial charge >= 0.3 is 6.03 Å². The molecule has 0 aliphatic heterocycles. The van der Waals surface area contributed by atoms with Crippen molar-refractivity contribution in [2.75, 3.05) is 19.8 Å². The number of nitrogens with one attached hydrogen (secondary N) is 4. The van der Waals surface area contributed by atoms with Gasteiger partial charge in [-0.25, -0.2) is 10.3 Å².